The number of hydrogen-bond acceptors (Lipinski definition) is 4. The summed E-state index contributed by atoms with van der Waals surface area (Å²) in [4.78, 5) is 12.8. The first-order valence-corrected chi connectivity index (χ1v) is 7.49. The van der Waals surface area contributed by atoms with Gasteiger partial charge in [-0.1, -0.05) is 12.1 Å². The number of rotatable bonds is 5. The van der Waals surface area contributed by atoms with Crippen LogP contribution < -0.4 is 5.32 Å². The van der Waals surface area contributed by atoms with Crippen molar-refractivity contribution in [2.45, 2.75) is 6.42 Å². The van der Waals surface area contributed by atoms with Crippen LogP contribution in [-0.4, -0.2) is 27.0 Å². The molecule has 3 rings (SSSR count). The van der Waals surface area contributed by atoms with E-state index in [0.29, 0.717) is 13.0 Å². The molecule has 0 aliphatic carbocycles. The van der Waals surface area contributed by atoms with Gasteiger partial charge in [-0.2, -0.15) is 0 Å². The first kappa shape index (κ1) is 13.5. The maximum absolute atomic E-state index is 11.7. The maximum Gasteiger partial charge on any atom is 0.244 e. The van der Waals surface area contributed by atoms with Gasteiger partial charge < -0.3 is 5.32 Å². The molecule has 0 aliphatic heterocycles. The number of amides is 1. The van der Waals surface area contributed by atoms with Gasteiger partial charge in [-0.05, 0) is 29.7 Å². The summed E-state index contributed by atoms with van der Waals surface area (Å²) in [6.45, 7) is 0.531. The lowest BCUT2D eigenvalue weighted by Gasteiger charge is -2.01. The largest absolute Gasteiger partial charge is 0.352 e. The summed E-state index contributed by atoms with van der Waals surface area (Å²) in [5.74, 6) is 0.741. The van der Waals surface area contributed by atoms with E-state index in [1.165, 1.54) is 0 Å². The predicted octanol–water partition coefficient (Wildman–Crippen LogP) is 2.16. The zero-order valence-electron chi connectivity index (χ0n) is 11.3. The van der Waals surface area contributed by atoms with Crippen molar-refractivity contribution in [2.24, 2.45) is 0 Å². The monoisotopic (exact) mass is 298 g/mol. The second kappa shape index (κ2) is 6.32. The molecule has 0 atom stereocenters. The highest BCUT2D eigenvalue weighted by Gasteiger charge is 2.04. The zero-order valence-corrected chi connectivity index (χ0v) is 12.1. The Labute approximate surface area is 126 Å². The molecule has 0 aliphatic rings. The minimum atomic E-state index is -0.0998. The van der Waals surface area contributed by atoms with Crippen LogP contribution in [0.25, 0.3) is 11.7 Å². The quantitative estimate of drug-likeness (QED) is 0.734. The minimum Gasteiger partial charge on any atom is -0.352 e. The maximum atomic E-state index is 11.7. The lowest BCUT2D eigenvalue weighted by molar-refractivity contribution is -0.116. The van der Waals surface area contributed by atoms with Crippen molar-refractivity contribution in [2.75, 3.05) is 6.54 Å². The Balaban J connectivity index is 1.53. The average Bonchev–Trinajstić information content (AvgIpc) is 3.15. The fraction of sp³-hybridized carbons (Fsp3) is 0.133. The lowest BCUT2D eigenvalue weighted by Crippen LogP contribution is -2.24. The number of pyridine rings is 1. The summed E-state index contributed by atoms with van der Waals surface area (Å²) in [6.07, 6.45) is 5.92. The van der Waals surface area contributed by atoms with Gasteiger partial charge in [0.15, 0.2) is 5.65 Å². The first-order chi connectivity index (χ1) is 10.3. The van der Waals surface area contributed by atoms with Crippen molar-refractivity contribution < 1.29 is 4.79 Å². The molecule has 0 bridgehead atoms. The van der Waals surface area contributed by atoms with Crippen molar-refractivity contribution >= 4 is 29.0 Å². The van der Waals surface area contributed by atoms with Crippen LogP contribution in [0.3, 0.4) is 0 Å². The molecular weight excluding hydrogens is 284 g/mol. The number of thiophene rings is 1. The van der Waals surface area contributed by atoms with Crippen LogP contribution >= 0.6 is 11.3 Å². The van der Waals surface area contributed by atoms with Gasteiger partial charge in [-0.25, -0.2) is 0 Å². The van der Waals surface area contributed by atoms with E-state index in [-0.39, 0.29) is 5.91 Å². The van der Waals surface area contributed by atoms with E-state index in [4.69, 9.17) is 0 Å². The number of nitrogens with one attached hydrogen (secondary N) is 1. The molecule has 21 heavy (non-hydrogen) atoms. The third-order valence-electron chi connectivity index (χ3n) is 2.97. The Kier molecular flexibility index (Phi) is 4.07. The van der Waals surface area contributed by atoms with Crippen LogP contribution in [0, 0.1) is 0 Å². The van der Waals surface area contributed by atoms with Crippen molar-refractivity contribution in [3.8, 4) is 0 Å². The normalized spacial score (nSPS) is 11.2. The second-order valence-corrected chi connectivity index (χ2v) is 5.41. The Morgan fingerprint density at radius 1 is 1.29 bits per heavy atom. The Morgan fingerprint density at radius 2 is 2.24 bits per heavy atom. The lowest BCUT2D eigenvalue weighted by atomic mass is 10.3. The average molecular weight is 298 g/mol. The summed E-state index contributed by atoms with van der Waals surface area (Å²) in [5.41, 5.74) is 0.816. The van der Waals surface area contributed by atoms with E-state index in [2.05, 4.69) is 15.5 Å². The van der Waals surface area contributed by atoms with Gasteiger partial charge in [0.25, 0.3) is 0 Å². The van der Waals surface area contributed by atoms with Gasteiger partial charge in [0.1, 0.15) is 5.82 Å². The summed E-state index contributed by atoms with van der Waals surface area (Å²) >= 11 is 1.60. The van der Waals surface area contributed by atoms with E-state index in [9.17, 15) is 4.79 Å². The smallest absolute Gasteiger partial charge is 0.244 e. The van der Waals surface area contributed by atoms with E-state index < -0.39 is 0 Å². The molecule has 0 fully saturated rings. The fourth-order valence-electron chi connectivity index (χ4n) is 1.96. The number of carbonyl (C=O) groups excluding carboxylic acids is 1. The third kappa shape index (κ3) is 3.35. The molecule has 106 valence electrons. The zero-order chi connectivity index (χ0) is 14.5. The summed E-state index contributed by atoms with van der Waals surface area (Å²) in [6, 6.07) is 9.68. The molecular formula is C15H14N4OS. The molecule has 0 saturated heterocycles. The van der Waals surface area contributed by atoms with E-state index >= 15 is 0 Å². The van der Waals surface area contributed by atoms with Gasteiger partial charge in [-0.15, -0.1) is 21.5 Å². The van der Waals surface area contributed by atoms with Gasteiger partial charge in [0, 0.05) is 30.1 Å². The van der Waals surface area contributed by atoms with Crippen LogP contribution in [0.15, 0.2) is 48.0 Å². The van der Waals surface area contributed by atoms with Crippen LogP contribution in [0.4, 0.5) is 0 Å². The van der Waals surface area contributed by atoms with Crippen molar-refractivity contribution in [1.29, 1.82) is 0 Å². The molecule has 3 aromatic rings. The summed E-state index contributed by atoms with van der Waals surface area (Å²) in [7, 11) is 0. The SMILES string of the molecule is O=C(C=Cc1cccs1)NCCc1nnc2ccccn12. The molecule has 0 unspecified atom stereocenters. The Hall–Kier alpha value is -2.47. The topological polar surface area (TPSA) is 59.3 Å². The fourth-order valence-corrected chi connectivity index (χ4v) is 2.58. The number of hydrogen-bond donors (Lipinski definition) is 1. The van der Waals surface area contributed by atoms with Crippen LogP contribution in [-0.2, 0) is 11.2 Å². The number of carbonyl (C=O) groups is 1. The second-order valence-electron chi connectivity index (χ2n) is 4.43. The van der Waals surface area contributed by atoms with Crippen molar-refractivity contribution in [3.05, 3.63) is 58.7 Å². The molecule has 3 aromatic heterocycles. The van der Waals surface area contributed by atoms with Gasteiger partial charge in [0.2, 0.25) is 5.91 Å². The van der Waals surface area contributed by atoms with Crippen molar-refractivity contribution in [3.63, 3.8) is 0 Å². The summed E-state index contributed by atoms with van der Waals surface area (Å²) < 4.78 is 1.92. The predicted molar refractivity (Wildman–Crippen MR) is 83.1 cm³/mol. The minimum absolute atomic E-state index is 0.0998. The molecule has 0 spiro atoms. The van der Waals surface area contributed by atoms with Crippen LogP contribution in [0.1, 0.15) is 10.7 Å². The highest BCUT2D eigenvalue weighted by atomic mass is 32.1. The highest BCUT2D eigenvalue weighted by molar-refractivity contribution is 7.10. The molecule has 3 heterocycles. The standard InChI is InChI=1S/C15H14N4OS/c20-15(7-6-12-4-3-11-21-12)16-9-8-14-18-17-13-5-1-2-10-19(13)14/h1-7,10-11H,8-9H2,(H,16,20). The molecule has 1 N–H and O–H groups in total. The third-order valence-corrected chi connectivity index (χ3v) is 3.81. The van der Waals surface area contributed by atoms with Gasteiger partial charge in [-0.3, -0.25) is 9.20 Å². The molecule has 0 radical (unpaired) electrons. The van der Waals surface area contributed by atoms with Crippen molar-refractivity contribution in [1.82, 2.24) is 19.9 Å². The first-order valence-electron chi connectivity index (χ1n) is 6.61. The van der Waals surface area contributed by atoms with E-state index in [0.717, 1.165) is 16.3 Å². The van der Waals surface area contributed by atoms with E-state index in [1.54, 1.807) is 17.4 Å². The molecule has 6 heteroatoms. The van der Waals surface area contributed by atoms with E-state index in [1.807, 2.05) is 52.4 Å². The molecule has 0 saturated carbocycles. The number of aromatic nitrogens is 3. The number of nitrogens with zero attached hydrogens (tertiary/aromatic N) is 3. The van der Waals surface area contributed by atoms with Gasteiger partial charge >= 0.3 is 0 Å². The number of fused-ring (bicyclic) bond motifs is 1. The van der Waals surface area contributed by atoms with Crippen LogP contribution in [0.5, 0.6) is 0 Å². The Bertz CT molecular complexity index is 761. The molecule has 0 aromatic carbocycles. The summed E-state index contributed by atoms with van der Waals surface area (Å²) in [5, 5.41) is 13.0. The molecule has 1 amide bonds. The van der Waals surface area contributed by atoms with Crippen LogP contribution in [0.2, 0.25) is 0 Å². The Morgan fingerprint density at radius 3 is 3.10 bits per heavy atom. The van der Waals surface area contributed by atoms with Gasteiger partial charge in [0.05, 0.1) is 0 Å². The molecule has 5 nitrogen and oxygen atoms in total. The highest BCUT2D eigenvalue weighted by Crippen LogP contribution is 2.09.